The van der Waals surface area contributed by atoms with Crippen LogP contribution >= 0.6 is 11.8 Å². The summed E-state index contributed by atoms with van der Waals surface area (Å²) in [7, 11) is 1.67. The molecule has 8 heteroatoms. The lowest BCUT2D eigenvalue weighted by Gasteiger charge is -2.12. The number of thioether (sulfide) groups is 1. The summed E-state index contributed by atoms with van der Waals surface area (Å²) >= 11 is 1.90. The highest BCUT2D eigenvalue weighted by Crippen LogP contribution is 2.31. The molecule has 4 aromatic carbocycles. The summed E-state index contributed by atoms with van der Waals surface area (Å²) in [5, 5.41) is 3.66. The van der Waals surface area contributed by atoms with Crippen LogP contribution in [0.2, 0.25) is 0 Å². The van der Waals surface area contributed by atoms with Crippen LogP contribution in [0.3, 0.4) is 0 Å². The van der Waals surface area contributed by atoms with Crippen molar-refractivity contribution in [2.45, 2.75) is 31.9 Å². The maximum Gasteiger partial charge on any atom is 0.338 e. The molecule has 0 fully saturated rings. The smallest absolute Gasteiger partial charge is 0.338 e. The fourth-order valence-electron chi connectivity index (χ4n) is 4.66. The molecule has 6 nitrogen and oxygen atoms in total. The first kappa shape index (κ1) is 32.8. The van der Waals surface area contributed by atoms with Crippen molar-refractivity contribution in [3.05, 3.63) is 113 Å². The number of nitrogens with zero attached hydrogens (tertiary/aromatic N) is 1. The Bertz CT molecular complexity index is 1520. The normalized spacial score (nSPS) is 11.2. The molecule has 0 saturated carbocycles. The van der Waals surface area contributed by atoms with Crippen molar-refractivity contribution in [1.29, 1.82) is 0 Å². The SMILES string of the molecule is CCCSCc1ccc(-c2ccc(-c3ccc(C(=O)OCCc4ccc(OCCCOC)cc4)cc3/C=N/N)cc2F)cc1. The van der Waals surface area contributed by atoms with Gasteiger partial charge in [-0.15, -0.1) is 0 Å². The number of halogens is 1. The average Bonchev–Trinajstić information content (AvgIpc) is 3.04. The van der Waals surface area contributed by atoms with Crippen molar-refractivity contribution in [3.63, 3.8) is 0 Å². The van der Waals surface area contributed by atoms with Gasteiger partial charge in [0, 0.05) is 43.4 Å². The minimum absolute atomic E-state index is 0.222. The molecule has 0 unspecified atom stereocenters. The predicted octanol–water partition coefficient (Wildman–Crippen LogP) is 7.91. The summed E-state index contributed by atoms with van der Waals surface area (Å²) in [6.45, 7) is 3.64. The van der Waals surface area contributed by atoms with Crippen LogP contribution in [0.15, 0.2) is 90.0 Å². The highest BCUT2D eigenvalue weighted by Gasteiger charge is 2.14. The molecular formula is C36H39FN2O4S. The summed E-state index contributed by atoms with van der Waals surface area (Å²) in [6, 6.07) is 26.0. The van der Waals surface area contributed by atoms with E-state index in [0.717, 1.165) is 41.2 Å². The van der Waals surface area contributed by atoms with Gasteiger partial charge in [-0.1, -0.05) is 61.5 Å². The number of hydrogen-bond acceptors (Lipinski definition) is 7. The van der Waals surface area contributed by atoms with E-state index >= 15 is 4.39 Å². The number of carbonyl (C=O) groups is 1. The minimum Gasteiger partial charge on any atom is -0.494 e. The third kappa shape index (κ3) is 9.43. The third-order valence-corrected chi connectivity index (χ3v) is 8.21. The van der Waals surface area contributed by atoms with E-state index in [1.54, 1.807) is 31.4 Å². The summed E-state index contributed by atoms with van der Waals surface area (Å²) in [6.07, 6.45) is 3.99. The molecule has 4 rings (SSSR count). The molecule has 0 heterocycles. The number of nitrogens with two attached hydrogens (primary N) is 1. The Morgan fingerprint density at radius 2 is 1.61 bits per heavy atom. The molecule has 2 N–H and O–H groups in total. The first-order chi connectivity index (χ1) is 21.5. The minimum atomic E-state index is -0.459. The number of esters is 1. The molecule has 0 radical (unpaired) electrons. The molecule has 0 atom stereocenters. The van der Waals surface area contributed by atoms with Gasteiger partial charge >= 0.3 is 5.97 Å². The van der Waals surface area contributed by atoms with Crippen molar-refractivity contribution in [2.24, 2.45) is 10.9 Å². The quantitative estimate of drug-likeness (QED) is 0.0454. The van der Waals surface area contributed by atoms with Gasteiger partial charge in [0.1, 0.15) is 11.6 Å². The van der Waals surface area contributed by atoms with Crippen LogP contribution in [0.25, 0.3) is 22.3 Å². The lowest BCUT2D eigenvalue weighted by Crippen LogP contribution is -2.09. The Hall–Kier alpha value is -4.14. The number of benzene rings is 4. The van der Waals surface area contributed by atoms with Gasteiger partial charge in [-0.05, 0) is 70.3 Å². The molecule has 0 aliphatic carbocycles. The zero-order valence-corrected chi connectivity index (χ0v) is 26.1. The lowest BCUT2D eigenvalue weighted by atomic mass is 9.95. The summed E-state index contributed by atoms with van der Waals surface area (Å²) < 4.78 is 31.6. The monoisotopic (exact) mass is 614 g/mol. The van der Waals surface area contributed by atoms with Gasteiger partial charge in [0.15, 0.2) is 0 Å². The molecule has 0 aromatic heterocycles. The van der Waals surface area contributed by atoms with E-state index in [4.69, 9.17) is 20.1 Å². The van der Waals surface area contributed by atoms with Gasteiger partial charge < -0.3 is 20.1 Å². The van der Waals surface area contributed by atoms with Crippen molar-refractivity contribution in [3.8, 4) is 28.0 Å². The molecule has 0 saturated heterocycles. The van der Waals surface area contributed by atoms with Crippen LogP contribution in [0, 0.1) is 5.82 Å². The van der Waals surface area contributed by atoms with Crippen molar-refractivity contribution < 1.29 is 23.4 Å². The first-order valence-electron chi connectivity index (χ1n) is 14.7. The Balaban J connectivity index is 1.38. The van der Waals surface area contributed by atoms with E-state index in [0.29, 0.717) is 47.5 Å². The number of carbonyl (C=O) groups excluding carboxylic acids is 1. The maximum absolute atomic E-state index is 15.3. The van der Waals surface area contributed by atoms with Gasteiger partial charge in [-0.3, -0.25) is 0 Å². The topological polar surface area (TPSA) is 83.1 Å². The van der Waals surface area contributed by atoms with E-state index in [9.17, 15) is 4.79 Å². The molecule has 0 aliphatic rings. The molecule has 0 aliphatic heterocycles. The zero-order valence-electron chi connectivity index (χ0n) is 25.3. The van der Waals surface area contributed by atoms with Crippen molar-refractivity contribution >= 4 is 23.9 Å². The van der Waals surface area contributed by atoms with Gasteiger partial charge in [-0.2, -0.15) is 16.9 Å². The van der Waals surface area contributed by atoms with E-state index in [2.05, 4.69) is 24.2 Å². The molecule has 230 valence electrons. The number of hydrogen-bond donors (Lipinski definition) is 1. The first-order valence-corrected chi connectivity index (χ1v) is 15.9. The van der Waals surface area contributed by atoms with Crippen LogP contribution in [0.4, 0.5) is 4.39 Å². The van der Waals surface area contributed by atoms with Crippen LogP contribution in [-0.4, -0.2) is 44.9 Å². The van der Waals surface area contributed by atoms with Gasteiger partial charge in [0.25, 0.3) is 0 Å². The fourth-order valence-corrected chi connectivity index (χ4v) is 5.52. The average molecular weight is 615 g/mol. The number of rotatable bonds is 16. The van der Waals surface area contributed by atoms with E-state index < -0.39 is 5.97 Å². The van der Waals surface area contributed by atoms with Crippen molar-refractivity contribution in [1.82, 2.24) is 0 Å². The van der Waals surface area contributed by atoms with Gasteiger partial charge in [0.05, 0.1) is 25.0 Å². The second-order valence-corrected chi connectivity index (χ2v) is 11.4. The number of hydrazone groups is 1. The highest BCUT2D eigenvalue weighted by atomic mass is 32.2. The molecule has 0 spiro atoms. The molecule has 44 heavy (non-hydrogen) atoms. The standard InChI is InChI=1S/C36H39FN2O4S/c1-3-21-44-25-27-5-9-28(10-6-27)34-16-11-29(23-35(34)37)33-15-12-30(22-31(33)24-39-38)36(40)43-20-17-26-7-13-32(14-8-26)42-19-4-18-41-2/h5-16,22-24H,3-4,17-21,25,38H2,1-2H3/b39-24+. The molecule has 4 aromatic rings. The number of methoxy groups -OCH3 is 1. The third-order valence-electron chi connectivity index (χ3n) is 6.97. The molecular weight excluding hydrogens is 575 g/mol. The zero-order chi connectivity index (χ0) is 31.1. The second kappa shape index (κ2) is 17.2. The Morgan fingerprint density at radius 1 is 0.886 bits per heavy atom. The van der Waals surface area contributed by atoms with Crippen LogP contribution in [0.5, 0.6) is 5.75 Å². The van der Waals surface area contributed by atoms with E-state index in [-0.39, 0.29) is 12.4 Å². The maximum atomic E-state index is 15.3. The second-order valence-electron chi connectivity index (χ2n) is 10.2. The Labute approximate surface area is 263 Å². The van der Waals surface area contributed by atoms with Crippen LogP contribution in [0.1, 0.15) is 46.8 Å². The van der Waals surface area contributed by atoms with Crippen LogP contribution < -0.4 is 10.6 Å². The summed E-state index contributed by atoms with van der Waals surface area (Å²) in [5.41, 5.74) is 5.90. The van der Waals surface area contributed by atoms with Gasteiger partial charge in [0.2, 0.25) is 0 Å². The van der Waals surface area contributed by atoms with Crippen LogP contribution in [-0.2, 0) is 21.6 Å². The predicted molar refractivity (Wildman–Crippen MR) is 178 cm³/mol. The Morgan fingerprint density at radius 3 is 2.32 bits per heavy atom. The van der Waals surface area contributed by atoms with E-state index in [1.807, 2.05) is 54.2 Å². The Kier molecular flexibility index (Phi) is 12.8. The number of ether oxygens (including phenoxy) is 3. The fraction of sp³-hybridized carbons (Fsp3) is 0.278. The molecule has 0 bridgehead atoms. The summed E-state index contributed by atoms with van der Waals surface area (Å²) in [5.74, 6) is 7.54. The lowest BCUT2D eigenvalue weighted by molar-refractivity contribution is 0.0509. The summed E-state index contributed by atoms with van der Waals surface area (Å²) in [4.78, 5) is 12.8. The van der Waals surface area contributed by atoms with E-state index in [1.165, 1.54) is 17.8 Å². The van der Waals surface area contributed by atoms with Gasteiger partial charge in [-0.25, -0.2) is 9.18 Å². The van der Waals surface area contributed by atoms with Crippen molar-refractivity contribution in [2.75, 3.05) is 32.7 Å². The molecule has 0 amide bonds. The largest absolute Gasteiger partial charge is 0.494 e. The highest BCUT2D eigenvalue weighted by molar-refractivity contribution is 7.98.